The van der Waals surface area contributed by atoms with Crippen molar-refractivity contribution in [2.24, 2.45) is 5.92 Å². The minimum atomic E-state index is -0.525. The van der Waals surface area contributed by atoms with Gasteiger partial charge in [-0.05, 0) is 31.9 Å². The third kappa shape index (κ3) is 6.13. The highest BCUT2D eigenvalue weighted by molar-refractivity contribution is 5.80. The van der Waals surface area contributed by atoms with Gasteiger partial charge in [0, 0.05) is 26.2 Å². The number of hydrogen-bond donors (Lipinski definition) is 1. The molecule has 0 saturated carbocycles. The van der Waals surface area contributed by atoms with Crippen LogP contribution < -0.4 is 10.1 Å². The summed E-state index contributed by atoms with van der Waals surface area (Å²) in [4.78, 5) is 14.6. The lowest BCUT2D eigenvalue weighted by atomic mass is 10.2. The van der Waals surface area contributed by atoms with E-state index in [9.17, 15) is 4.79 Å². The first-order valence-corrected chi connectivity index (χ1v) is 8.79. The molecule has 1 aliphatic heterocycles. The number of ether oxygens (including phenoxy) is 2. The molecule has 1 aliphatic rings. The fourth-order valence-corrected chi connectivity index (χ4v) is 2.82. The van der Waals surface area contributed by atoms with Crippen LogP contribution in [0.4, 0.5) is 0 Å². The predicted molar refractivity (Wildman–Crippen MR) is 95.3 cm³/mol. The first kappa shape index (κ1) is 18.7. The van der Waals surface area contributed by atoms with Crippen LogP contribution in [0.2, 0.25) is 0 Å². The van der Waals surface area contributed by atoms with Gasteiger partial charge in [0.05, 0.1) is 12.7 Å². The highest BCUT2D eigenvalue weighted by Crippen LogP contribution is 2.13. The molecular weight excluding hydrogens is 304 g/mol. The van der Waals surface area contributed by atoms with Crippen molar-refractivity contribution in [3.05, 3.63) is 29.8 Å². The van der Waals surface area contributed by atoms with Crippen LogP contribution in [0.5, 0.6) is 5.75 Å². The fraction of sp³-hybridized carbons (Fsp3) is 0.632. The third-order valence-corrected chi connectivity index (χ3v) is 4.05. The predicted octanol–water partition coefficient (Wildman–Crippen LogP) is 2.24. The smallest absolute Gasteiger partial charge is 0.260 e. The molecule has 0 aliphatic carbocycles. The van der Waals surface area contributed by atoms with Crippen molar-refractivity contribution < 1.29 is 14.3 Å². The van der Waals surface area contributed by atoms with E-state index in [4.69, 9.17) is 9.47 Å². The Morgan fingerprint density at radius 2 is 2.04 bits per heavy atom. The maximum Gasteiger partial charge on any atom is 0.260 e. The second kappa shape index (κ2) is 9.04. The van der Waals surface area contributed by atoms with Gasteiger partial charge in [0.15, 0.2) is 6.10 Å². The van der Waals surface area contributed by atoms with Crippen LogP contribution in [-0.4, -0.2) is 55.8 Å². The van der Waals surface area contributed by atoms with Crippen molar-refractivity contribution in [3.63, 3.8) is 0 Å². The molecule has 24 heavy (non-hydrogen) atoms. The largest absolute Gasteiger partial charge is 0.481 e. The lowest BCUT2D eigenvalue weighted by Crippen LogP contribution is -2.49. The number of aryl methyl sites for hydroxylation is 1. The van der Waals surface area contributed by atoms with Gasteiger partial charge in [-0.25, -0.2) is 0 Å². The van der Waals surface area contributed by atoms with Gasteiger partial charge in [-0.15, -0.1) is 0 Å². The SMILES string of the molecule is Cc1ccc(OC(C)C(=O)NCC2CN(CC(C)C)CCO2)cc1. The van der Waals surface area contributed by atoms with Crippen molar-refractivity contribution >= 4 is 5.91 Å². The van der Waals surface area contributed by atoms with E-state index in [1.165, 1.54) is 5.56 Å². The number of rotatable bonds is 7. The van der Waals surface area contributed by atoms with Crippen molar-refractivity contribution in [3.8, 4) is 5.75 Å². The van der Waals surface area contributed by atoms with E-state index >= 15 is 0 Å². The zero-order chi connectivity index (χ0) is 17.5. The lowest BCUT2D eigenvalue weighted by molar-refractivity contribution is -0.128. The van der Waals surface area contributed by atoms with E-state index in [1.54, 1.807) is 6.92 Å². The number of morpholine rings is 1. The average Bonchev–Trinajstić information content (AvgIpc) is 2.54. The molecule has 2 atom stereocenters. The Balaban J connectivity index is 1.74. The normalized spacial score (nSPS) is 20.0. The van der Waals surface area contributed by atoms with Crippen molar-refractivity contribution in [2.45, 2.75) is 39.9 Å². The van der Waals surface area contributed by atoms with Gasteiger partial charge in [-0.2, -0.15) is 0 Å². The Bertz CT molecular complexity index is 516. The summed E-state index contributed by atoms with van der Waals surface area (Å²) in [6.45, 7) is 12.4. The monoisotopic (exact) mass is 334 g/mol. The molecule has 1 saturated heterocycles. The van der Waals surface area contributed by atoms with Crippen molar-refractivity contribution in [1.29, 1.82) is 0 Å². The van der Waals surface area contributed by atoms with Crippen LogP contribution in [0.25, 0.3) is 0 Å². The van der Waals surface area contributed by atoms with Gasteiger partial charge in [0.2, 0.25) is 0 Å². The molecule has 1 amide bonds. The molecular formula is C19H30N2O3. The zero-order valence-electron chi connectivity index (χ0n) is 15.2. The average molecular weight is 334 g/mol. The molecule has 1 aromatic rings. The first-order valence-electron chi connectivity index (χ1n) is 8.79. The molecule has 1 fully saturated rings. The highest BCUT2D eigenvalue weighted by atomic mass is 16.5. The summed E-state index contributed by atoms with van der Waals surface area (Å²) in [5, 5.41) is 2.94. The molecule has 1 heterocycles. The van der Waals surface area contributed by atoms with Crippen LogP contribution in [0.15, 0.2) is 24.3 Å². The summed E-state index contributed by atoms with van der Waals surface area (Å²) in [6, 6.07) is 7.71. The number of nitrogens with one attached hydrogen (secondary N) is 1. The second-order valence-electron chi connectivity index (χ2n) is 6.96. The lowest BCUT2D eigenvalue weighted by Gasteiger charge is -2.34. The number of amides is 1. The molecule has 0 radical (unpaired) electrons. The van der Waals surface area contributed by atoms with E-state index < -0.39 is 6.10 Å². The molecule has 2 rings (SSSR count). The maximum absolute atomic E-state index is 12.2. The summed E-state index contributed by atoms with van der Waals surface area (Å²) in [6.07, 6.45) is -0.476. The van der Waals surface area contributed by atoms with Gasteiger partial charge in [0.1, 0.15) is 5.75 Å². The number of carbonyl (C=O) groups is 1. The van der Waals surface area contributed by atoms with E-state index in [-0.39, 0.29) is 12.0 Å². The Morgan fingerprint density at radius 3 is 2.71 bits per heavy atom. The molecule has 2 unspecified atom stereocenters. The summed E-state index contributed by atoms with van der Waals surface area (Å²) in [5.41, 5.74) is 1.17. The second-order valence-corrected chi connectivity index (χ2v) is 6.96. The van der Waals surface area contributed by atoms with Gasteiger partial charge in [-0.1, -0.05) is 31.5 Å². The quantitative estimate of drug-likeness (QED) is 0.831. The van der Waals surface area contributed by atoms with Gasteiger partial charge in [-0.3, -0.25) is 9.69 Å². The molecule has 5 heteroatoms. The van der Waals surface area contributed by atoms with Crippen LogP contribution in [-0.2, 0) is 9.53 Å². The molecule has 0 bridgehead atoms. The van der Waals surface area contributed by atoms with Gasteiger partial charge >= 0.3 is 0 Å². The highest BCUT2D eigenvalue weighted by Gasteiger charge is 2.22. The van der Waals surface area contributed by atoms with E-state index in [0.717, 1.165) is 26.2 Å². The first-order chi connectivity index (χ1) is 11.4. The molecule has 1 N–H and O–H groups in total. The van der Waals surface area contributed by atoms with Crippen LogP contribution in [0.3, 0.4) is 0 Å². The zero-order valence-corrected chi connectivity index (χ0v) is 15.2. The molecule has 0 spiro atoms. The Morgan fingerprint density at radius 1 is 1.33 bits per heavy atom. The number of nitrogens with zero attached hydrogens (tertiary/aromatic N) is 1. The minimum Gasteiger partial charge on any atom is -0.481 e. The minimum absolute atomic E-state index is 0.0491. The topological polar surface area (TPSA) is 50.8 Å². The number of carbonyl (C=O) groups excluding carboxylic acids is 1. The number of benzene rings is 1. The maximum atomic E-state index is 12.2. The number of hydrogen-bond acceptors (Lipinski definition) is 4. The van der Waals surface area contributed by atoms with E-state index in [0.29, 0.717) is 18.2 Å². The summed E-state index contributed by atoms with van der Waals surface area (Å²) in [7, 11) is 0. The molecule has 1 aromatic carbocycles. The van der Waals surface area contributed by atoms with Gasteiger partial charge < -0.3 is 14.8 Å². The van der Waals surface area contributed by atoms with Crippen molar-refractivity contribution in [2.75, 3.05) is 32.8 Å². The van der Waals surface area contributed by atoms with Crippen LogP contribution in [0, 0.1) is 12.8 Å². The fourth-order valence-electron chi connectivity index (χ4n) is 2.82. The van der Waals surface area contributed by atoms with E-state index in [2.05, 4.69) is 24.1 Å². The summed E-state index contributed by atoms with van der Waals surface area (Å²) in [5.74, 6) is 1.24. The standard InChI is InChI=1S/C19H30N2O3/c1-14(2)12-21-9-10-23-18(13-21)11-20-19(22)16(4)24-17-7-5-15(3)6-8-17/h5-8,14,16,18H,9-13H2,1-4H3,(H,20,22). The Hall–Kier alpha value is -1.59. The molecule has 5 nitrogen and oxygen atoms in total. The van der Waals surface area contributed by atoms with Gasteiger partial charge in [0.25, 0.3) is 5.91 Å². The molecule has 0 aromatic heterocycles. The van der Waals surface area contributed by atoms with Crippen LogP contribution >= 0.6 is 0 Å². The molecule has 134 valence electrons. The van der Waals surface area contributed by atoms with Crippen LogP contribution in [0.1, 0.15) is 26.3 Å². The summed E-state index contributed by atoms with van der Waals surface area (Å²) < 4.78 is 11.4. The summed E-state index contributed by atoms with van der Waals surface area (Å²) >= 11 is 0. The van der Waals surface area contributed by atoms with E-state index in [1.807, 2.05) is 31.2 Å². The van der Waals surface area contributed by atoms with Crippen molar-refractivity contribution in [1.82, 2.24) is 10.2 Å². The Kier molecular flexibility index (Phi) is 7.06. The third-order valence-electron chi connectivity index (χ3n) is 4.05. The Labute approximate surface area is 145 Å².